The highest BCUT2D eigenvalue weighted by molar-refractivity contribution is 7.90. The van der Waals surface area contributed by atoms with Crippen LogP contribution in [-0.4, -0.2) is 30.4 Å². The maximum absolute atomic E-state index is 12.7. The third-order valence-corrected chi connectivity index (χ3v) is 5.12. The Balaban J connectivity index is 1.87. The van der Waals surface area contributed by atoms with Gasteiger partial charge in [-0.15, -0.1) is 0 Å². The molecule has 0 unspecified atom stereocenters. The molecule has 2 aromatic heterocycles. The number of anilines is 1. The van der Waals surface area contributed by atoms with Crippen molar-refractivity contribution >= 4 is 21.6 Å². The third-order valence-electron chi connectivity index (χ3n) is 3.45. The average Bonchev–Trinajstić information content (AvgIpc) is 3.11. The van der Waals surface area contributed by atoms with Gasteiger partial charge in [-0.05, 0) is 30.3 Å². The first-order valence-corrected chi connectivity index (χ1v) is 8.75. The molecule has 0 aliphatic heterocycles. The van der Waals surface area contributed by atoms with Gasteiger partial charge in [0.05, 0.1) is 12.8 Å². The van der Waals surface area contributed by atoms with Crippen LogP contribution in [-0.2, 0) is 10.0 Å². The lowest BCUT2D eigenvalue weighted by Crippen LogP contribution is -2.14. The first kappa shape index (κ1) is 16.7. The first-order valence-electron chi connectivity index (χ1n) is 7.31. The minimum absolute atomic E-state index is 0.0377. The first-order chi connectivity index (χ1) is 12.0. The molecule has 0 radical (unpaired) electrons. The molecule has 0 bridgehead atoms. The molecule has 1 N–H and O–H groups in total. The number of ether oxygens (including phenoxy) is 1. The van der Waals surface area contributed by atoms with Gasteiger partial charge in [-0.1, -0.05) is 18.2 Å². The molecule has 0 aliphatic rings. The van der Waals surface area contributed by atoms with Crippen molar-refractivity contribution in [1.29, 1.82) is 0 Å². The van der Waals surface area contributed by atoms with Crippen molar-refractivity contribution in [2.24, 2.45) is 0 Å². The van der Waals surface area contributed by atoms with Crippen molar-refractivity contribution < 1.29 is 17.9 Å². The number of aromatic nitrogens is 2. The largest absolute Gasteiger partial charge is 0.495 e. The zero-order valence-electron chi connectivity index (χ0n) is 13.3. The van der Waals surface area contributed by atoms with Crippen LogP contribution in [0.2, 0.25) is 0 Å². The van der Waals surface area contributed by atoms with Crippen molar-refractivity contribution in [2.75, 3.05) is 12.4 Å². The molecule has 0 saturated heterocycles. The minimum Gasteiger partial charge on any atom is -0.495 e. The standard InChI is InChI=1S/C17H15N3O4S/c1-24-15-7-2-3-8-16(15)25(22,23)20-11-9-13(12-20)19-17(21)14-6-4-5-10-18-14/h2-12H,1H3,(H,19,21). The van der Waals surface area contributed by atoms with Gasteiger partial charge in [-0.2, -0.15) is 0 Å². The molecule has 25 heavy (non-hydrogen) atoms. The zero-order chi connectivity index (χ0) is 17.9. The highest BCUT2D eigenvalue weighted by atomic mass is 32.2. The Morgan fingerprint density at radius 2 is 1.88 bits per heavy atom. The van der Waals surface area contributed by atoms with Gasteiger partial charge in [0.25, 0.3) is 15.9 Å². The van der Waals surface area contributed by atoms with Gasteiger partial charge in [0.1, 0.15) is 16.3 Å². The molecule has 0 aliphatic carbocycles. The lowest BCUT2D eigenvalue weighted by Gasteiger charge is -2.09. The monoisotopic (exact) mass is 357 g/mol. The van der Waals surface area contributed by atoms with Crippen molar-refractivity contribution in [3.05, 3.63) is 72.8 Å². The van der Waals surface area contributed by atoms with E-state index in [4.69, 9.17) is 4.74 Å². The Morgan fingerprint density at radius 3 is 2.60 bits per heavy atom. The van der Waals surface area contributed by atoms with Gasteiger partial charge in [-0.25, -0.2) is 12.4 Å². The van der Waals surface area contributed by atoms with Crippen LogP contribution in [0.15, 0.2) is 72.0 Å². The fraction of sp³-hybridized carbons (Fsp3) is 0.0588. The molecule has 8 heteroatoms. The predicted octanol–water partition coefficient (Wildman–Crippen LogP) is 2.38. The summed E-state index contributed by atoms with van der Waals surface area (Å²) < 4.78 is 31.6. The molecule has 2 heterocycles. The number of carbonyl (C=O) groups is 1. The molecule has 3 aromatic rings. The summed E-state index contributed by atoms with van der Waals surface area (Å²) in [6, 6.07) is 12.8. The second-order valence-electron chi connectivity index (χ2n) is 5.06. The van der Waals surface area contributed by atoms with Gasteiger partial charge in [0, 0.05) is 18.6 Å². The molecule has 0 spiro atoms. The van der Waals surface area contributed by atoms with Crippen LogP contribution in [0.3, 0.4) is 0 Å². The molecule has 3 rings (SSSR count). The second-order valence-corrected chi connectivity index (χ2v) is 6.87. The zero-order valence-corrected chi connectivity index (χ0v) is 14.1. The van der Waals surface area contributed by atoms with Crippen LogP contribution in [0.25, 0.3) is 0 Å². The summed E-state index contributed by atoms with van der Waals surface area (Å²) in [4.78, 5) is 16.1. The van der Waals surface area contributed by atoms with Gasteiger partial charge in [-0.3, -0.25) is 9.78 Å². The summed E-state index contributed by atoms with van der Waals surface area (Å²) in [7, 11) is -2.43. The minimum atomic E-state index is -3.84. The molecule has 1 amide bonds. The van der Waals surface area contributed by atoms with E-state index in [0.29, 0.717) is 5.69 Å². The van der Waals surface area contributed by atoms with Crippen molar-refractivity contribution in [3.63, 3.8) is 0 Å². The van der Waals surface area contributed by atoms with E-state index in [9.17, 15) is 13.2 Å². The van der Waals surface area contributed by atoms with E-state index in [1.54, 1.807) is 36.4 Å². The molecular formula is C17H15N3O4S. The van der Waals surface area contributed by atoms with Gasteiger partial charge in [0.2, 0.25) is 0 Å². The summed E-state index contributed by atoms with van der Waals surface area (Å²) in [5, 5.41) is 2.61. The van der Waals surface area contributed by atoms with Crippen molar-refractivity contribution in [2.45, 2.75) is 4.90 Å². The fourth-order valence-corrected chi connectivity index (χ4v) is 3.59. The number of amides is 1. The molecule has 1 aromatic carbocycles. The van der Waals surface area contributed by atoms with Crippen LogP contribution in [0.1, 0.15) is 10.5 Å². The van der Waals surface area contributed by atoms with Crippen molar-refractivity contribution in [3.8, 4) is 5.75 Å². The molecular weight excluding hydrogens is 342 g/mol. The third kappa shape index (κ3) is 3.38. The number of benzene rings is 1. The van der Waals surface area contributed by atoms with Crippen LogP contribution < -0.4 is 10.1 Å². The Morgan fingerprint density at radius 1 is 1.12 bits per heavy atom. The summed E-state index contributed by atoms with van der Waals surface area (Å²) in [5.74, 6) is -0.177. The highest BCUT2D eigenvalue weighted by Crippen LogP contribution is 2.26. The number of carbonyl (C=O) groups excluding carboxylic acids is 1. The predicted molar refractivity (Wildman–Crippen MR) is 92.2 cm³/mol. The van der Waals surface area contributed by atoms with Crippen LogP contribution in [0.5, 0.6) is 5.75 Å². The number of pyridine rings is 1. The molecule has 0 saturated carbocycles. The summed E-state index contributed by atoms with van der Waals surface area (Å²) in [6.45, 7) is 0. The van der Waals surface area contributed by atoms with Gasteiger partial charge >= 0.3 is 0 Å². The number of hydrogen-bond donors (Lipinski definition) is 1. The van der Waals surface area contributed by atoms with E-state index in [-0.39, 0.29) is 16.3 Å². The second kappa shape index (κ2) is 6.78. The Bertz CT molecular complexity index is 997. The highest BCUT2D eigenvalue weighted by Gasteiger charge is 2.21. The summed E-state index contributed by atoms with van der Waals surface area (Å²) >= 11 is 0. The maximum Gasteiger partial charge on any atom is 0.274 e. The lowest BCUT2D eigenvalue weighted by atomic mass is 10.3. The topological polar surface area (TPSA) is 90.3 Å². The van der Waals surface area contributed by atoms with E-state index < -0.39 is 15.9 Å². The van der Waals surface area contributed by atoms with Gasteiger partial charge < -0.3 is 10.1 Å². The van der Waals surface area contributed by atoms with Crippen molar-refractivity contribution in [1.82, 2.24) is 8.96 Å². The number of hydrogen-bond acceptors (Lipinski definition) is 5. The van der Waals surface area contributed by atoms with Crippen LogP contribution in [0, 0.1) is 0 Å². The number of para-hydroxylation sites is 1. The van der Waals surface area contributed by atoms with E-state index in [0.717, 1.165) is 3.97 Å². The normalized spacial score (nSPS) is 11.1. The average molecular weight is 357 g/mol. The van der Waals surface area contributed by atoms with E-state index in [1.165, 1.54) is 37.8 Å². The quantitative estimate of drug-likeness (QED) is 0.757. The van der Waals surface area contributed by atoms with Crippen LogP contribution in [0.4, 0.5) is 5.69 Å². The van der Waals surface area contributed by atoms with E-state index >= 15 is 0 Å². The lowest BCUT2D eigenvalue weighted by molar-refractivity contribution is 0.102. The van der Waals surface area contributed by atoms with E-state index in [1.807, 2.05) is 0 Å². The molecule has 0 fully saturated rings. The Kier molecular flexibility index (Phi) is 4.53. The summed E-state index contributed by atoms with van der Waals surface area (Å²) in [6.07, 6.45) is 4.19. The maximum atomic E-state index is 12.7. The number of methoxy groups -OCH3 is 1. The molecule has 128 valence electrons. The SMILES string of the molecule is COc1ccccc1S(=O)(=O)n1ccc(NC(=O)c2ccccn2)c1. The number of rotatable bonds is 5. The Hall–Kier alpha value is -3.13. The molecule has 7 nitrogen and oxygen atoms in total. The summed E-state index contributed by atoms with van der Waals surface area (Å²) in [5.41, 5.74) is 0.581. The fourth-order valence-electron chi connectivity index (χ4n) is 2.24. The van der Waals surface area contributed by atoms with Crippen LogP contribution >= 0.6 is 0 Å². The van der Waals surface area contributed by atoms with E-state index in [2.05, 4.69) is 10.3 Å². The Labute approximate surface area is 144 Å². The van der Waals surface area contributed by atoms with Gasteiger partial charge in [0.15, 0.2) is 0 Å². The number of nitrogens with zero attached hydrogens (tertiary/aromatic N) is 2. The molecule has 0 atom stereocenters. The number of nitrogens with one attached hydrogen (secondary N) is 1. The smallest absolute Gasteiger partial charge is 0.274 e.